The number of methoxy groups -OCH3 is 1. The molecule has 0 aliphatic heterocycles. The van der Waals surface area contributed by atoms with Crippen molar-refractivity contribution in [1.29, 1.82) is 0 Å². The van der Waals surface area contributed by atoms with Gasteiger partial charge in [0.25, 0.3) is 0 Å². The maximum absolute atomic E-state index is 11.5. The van der Waals surface area contributed by atoms with E-state index in [9.17, 15) is 14.4 Å². The molecule has 0 fully saturated rings. The van der Waals surface area contributed by atoms with Crippen LogP contribution in [0.25, 0.3) is 0 Å². The van der Waals surface area contributed by atoms with E-state index in [0.29, 0.717) is 12.1 Å². The molecular formula is C13H16N2O5. The number of carbonyl (C=O) groups excluding carboxylic acids is 2. The first-order valence-corrected chi connectivity index (χ1v) is 5.93. The zero-order valence-electron chi connectivity index (χ0n) is 11.0. The number of rotatable bonds is 6. The third-order valence-electron chi connectivity index (χ3n) is 2.43. The molecule has 7 nitrogen and oxygen atoms in total. The molecular weight excluding hydrogens is 264 g/mol. The SMILES string of the molecule is COC(=O)CNC(=O)Nc1cccc(CCC(=O)O)c1. The molecule has 108 valence electrons. The molecule has 0 unspecified atom stereocenters. The van der Waals surface area contributed by atoms with E-state index in [1.54, 1.807) is 24.3 Å². The Morgan fingerprint density at radius 2 is 2.05 bits per heavy atom. The highest BCUT2D eigenvalue weighted by Gasteiger charge is 2.06. The fraction of sp³-hybridized carbons (Fsp3) is 0.308. The van der Waals surface area contributed by atoms with E-state index in [1.165, 1.54) is 7.11 Å². The lowest BCUT2D eigenvalue weighted by molar-refractivity contribution is -0.139. The number of carboxylic acids is 1. The van der Waals surface area contributed by atoms with Crippen LogP contribution in [0.3, 0.4) is 0 Å². The molecule has 1 aromatic rings. The van der Waals surface area contributed by atoms with Gasteiger partial charge in [0.15, 0.2) is 0 Å². The van der Waals surface area contributed by atoms with Gasteiger partial charge < -0.3 is 20.5 Å². The van der Waals surface area contributed by atoms with E-state index in [2.05, 4.69) is 15.4 Å². The number of urea groups is 1. The Kier molecular flexibility index (Phi) is 6.02. The summed E-state index contributed by atoms with van der Waals surface area (Å²) in [6.07, 6.45) is 0.409. The zero-order valence-corrected chi connectivity index (χ0v) is 11.0. The summed E-state index contributed by atoms with van der Waals surface area (Å²) in [5.74, 6) is -1.42. The first-order valence-electron chi connectivity index (χ1n) is 5.93. The van der Waals surface area contributed by atoms with Crippen LogP contribution < -0.4 is 10.6 Å². The van der Waals surface area contributed by atoms with Gasteiger partial charge in [0.1, 0.15) is 6.54 Å². The minimum absolute atomic E-state index is 0.0258. The van der Waals surface area contributed by atoms with Crippen LogP contribution in [0.2, 0.25) is 0 Å². The summed E-state index contributed by atoms with van der Waals surface area (Å²) in [4.78, 5) is 32.8. The Bertz CT molecular complexity index is 501. The molecule has 1 aromatic carbocycles. The van der Waals surface area contributed by atoms with Crippen LogP contribution in [0.1, 0.15) is 12.0 Å². The fourth-order valence-electron chi connectivity index (χ4n) is 1.46. The lowest BCUT2D eigenvalue weighted by atomic mass is 10.1. The number of esters is 1. The Morgan fingerprint density at radius 3 is 2.70 bits per heavy atom. The van der Waals surface area contributed by atoms with Gasteiger partial charge in [-0.25, -0.2) is 4.79 Å². The van der Waals surface area contributed by atoms with Crippen molar-refractivity contribution < 1.29 is 24.2 Å². The summed E-state index contributed by atoms with van der Waals surface area (Å²) in [6, 6.07) is 6.31. The van der Waals surface area contributed by atoms with Gasteiger partial charge in [-0.15, -0.1) is 0 Å². The number of nitrogens with one attached hydrogen (secondary N) is 2. The maximum Gasteiger partial charge on any atom is 0.325 e. The van der Waals surface area contributed by atoms with Crippen molar-refractivity contribution >= 4 is 23.7 Å². The first-order chi connectivity index (χ1) is 9.51. The number of hydrogen-bond donors (Lipinski definition) is 3. The Hall–Kier alpha value is -2.57. The van der Waals surface area contributed by atoms with Crippen LogP contribution in [-0.2, 0) is 20.7 Å². The third kappa shape index (κ3) is 5.85. The van der Waals surface area contributed by atoms with E-state index in [0.717, 1.165) is 5.56 Å². The number of aliphatic carboxylic acids is 1. The molecule has 20 heavy (non-hydrogen) atoms. The maximum atomic E-state index is 11.5. The van der Waals surface area contributed by atoms with Crippen molar-refractivity contribution in [2.45, 2.75) is 12.8 Å². The normalized spacial score (nSPS) is 9.65. The van der Waals surface area contributed by atoms with Gasteiger partial charge in [0.05, 0.1) is 7.11 Å². The lowest BCUT2D eigenvalue weighted by Gasteiger charge is -2.08. The molecule has 0 aliphatic rings. The van der Waals surface area contributed by atoms with Gasteiger partial charge in [-0.3, -0.25) is 9.59 Å². The number of ether oxygens (including phenoxy) is 1. The highest BCUT2D eigenvalue weighted by molar-refractivity contribution is 5.91. The Labute approximate surface area is 115 Å². The van der Waals surface area contributed by atoms with Crippen molar-refractivity contribution in [2.75, 3.05) is 19.0 Å². The summed E-state index contributed by atoms with van der Waals surface area (Å²) in [5, 5.41) is 13.5. The van der Waals surface area contributed by atoms with Crippen LogP contribution in [0, 0.1) is 0 Å². The van der Waals surface area contributed by atoms with E-state index in [1.807, 2.05) is 0 Å². The van der Waals surface area contributed by atoms with Crippen LogP contribution in [0.15, 0.2) is 24.3 Å². The van der Waals surface area contributed by atoms with Crippen LogP contribution in [0.5, 0.6) is 0 Å². The van der Waals surface area contributed by atoms with E-state index in [-0.39, 0.29) is 13.0 Å². The molecule has 0 saturated carbocycles. The van der Waals surface area contributed by atoms with Crippen LogP contribution >= 0.6 is 0 Å². The highest BCUT2D eigenvalue weighted by Crippen LogP contribution is 2.12. The predicted octanol–water partition coefficient (Wildman–Crippen LogP) is 0.998. The molecule has 3 N–H and O–H groups in total. The van der Waals surface area contributed by atoms with Gasteiger partial charge in [-0.05, 0) is 24.1 Å². The summed E-state index contributed by atoms with van der Waals surface area (Å²) >= 11 is 0. The topological polar surface area (TPSA) is 105 Å². The molecule has 0 aromatic heterocycles. The van der Waals surface area contributed by atoms with Gasteiger partial charge >= 0.3 is 18.0 Å². The number of anilines is 1. The second-order valence-corrected chi connectivity index (χ2v) is 3.98. The Balaban J connectivity index is 2.50. The van der Waals surface area contributed by atoms with Crippen molar-refractivity contribution in [3.8, 4) is 0 Å². The zero-order chi connectivity index (χ0) is 15.0. The van der Waals surface area contributed by atoms with Gasteiger partial charge in [-0.2, -0.15) is 0 Å². The summed E-state index contributed by atoms with van der Waals surface area (Å²) < 4.78 is 4.39. The third-order valence-corrected chi connectivity index (χ3v) is 2.43. The number of carboxylic acid groups (broad SMARTS) is 1. The van der Waals surface area contributed by atoms with E-state index >= 15 is 0 Å². The second-order valence-electron chi connectivity index (χ2n) is 3.98. The van der Waals surface area contributed by atoms with Crippen LogP contribution in [-0.4, -0.2) is 36.7 Å². The molecule has 0 radical (unpaired) electrons. The molecule has 0 spiro atoms. The molecule has 0 bridgehead atoms. The predicted molar refractivity (Wildman–Crippen MR) is 71.4 cm³/mol. The summed E-state index contributed by atoms with van der Waals surface area (Å²) in [7, 11) is 1.23. The number of carbonyl (C=O) groups is 3. The van der Waals surface area contributed by atoms with Crippen molar-refractivity contribution in [3.05, 3.63) is 29.8 Å². The standard InChI is InChI=1S/C13H16N2O5/c1-20-12(18)8-14-13(19)15-10-4-2-3-9(7-10)5-6-11(16)17/h2-4,7H,5-6,8H2,1H3,(H,16,17)(H2,14,15,19). The first kappa shape index (κ1) is 15.5. The number of aryl methyl sites for hydroxylation is 1. The molecule has 0 atom stereocenters. The smallest absolute Gasteiger partial charge is 0.325 e. The van der Waals surface area contributed by atoms with Gasteiger partial charge in [0.2, 0.25) is 0 Å². The summed E-state index contributed by atoms with van der Waals surface area (Å²) in [6.45, 7) is -0.221. The largest absolute Gasteiger partial charge is 0.481 e. The molecule has 7 heteroatoms. The Morgan fingerprint density at radius 1 is 1.30 bits per heavy atom. The summed E-state index contributed by atoms with van der Waals surface area (Å²) in [5.41, 5.74) is 1.33. The quantitative estimate of drug-likeness (QED) is 0.674. The molecule has 0 aliphatic carbocycles. The average Bonchev–Trinajstić information content (AvgIpc) is 2.43. The lowest BCUT2D eigenvalue weighted by Crippen LogP contribution is -2.33. The number of benzene rings is 1. The molecule has 0 heterocycles. The van der Waals surface area contributed by atoms with Gasteiger partial charge in [0, 0.05) is 12.1 Å². The van der Waals surface area contributed by atoms with Gasteiger partial charge in [-0.1, -0.05) is 12.1 Å². The molecule has 1 rings (SSSR count). The number of hydrogen-bond acceptors (Lipinski definition) is 4. The minimum Gasteiger partial charge on any atom is -0.481 e. The molecule has 0 saturated heterocycles. The average molecular weight is 280 g/mol. The van der Waals surface area contributed by atoms with Crippen molar-refractivity contribution in [1.82, 2.24) is 5.32 Å². The van der Waals surface area contributed by atoms with Crippen LogP contribution in [0.4, 0.5) is 10.5 Å². The van der Waals surface area contributed by atoms with Crippen molar-refractivity contribution in [3.63, 3.8) is 0 Å². The van der Waals surface area contributed by atoms with E-state index < -0.39 is 18.0 Å². The van der Waals surface area contributed by atoms with E-state index in [4.69, 9.17) is 5.11 Å². The fourth-order valence-corrected chi connectivity index (χ4v) is 1.46. The molecule has 2 amide bonds. The highest BCUT2D eigenvalue weighted by atomic mass is 16.5. The minimum atomic E-state index is -0.876. The monoisotopic (exact) mass is 280 g/mol. The number of amides is 2. The second kappa shape index (κ2) is 7.78. The van der Waals surface area contributed by atoms with Crippen molar-refractivity contribution in [2.24, 2.45) is 0 Å².